The van der Waals surface area contributed by atoms with Gasteiger partial charge in [0, 0.05) is 24.5 Å². The number of carbonyl (C=O) groups excluding carboxylic acids is 1. The quantitative estimate of drug-likeness (QED) is 0.877. The molecule has 3 rings (SSSR count). The van der Waals surface area contributed by atoms with Crippen molar-refractivity contribution >= 4 is 17.3 Å². The van der Waals surface area contributed by atoms with Crippen LogP contribution in [0.25, 0.3) is 0 Å². The number of hydrogen-bond acceptors (Lipinski definition) is 3. The van der Waals surface area contributed by atoms with E-state index in [9.17, 15) is 4.79 Å². The molecular weight excluding hydrogens is 300 g/mol. The SMILES string of the molecule is CCOc1ccc(CC(=O)Nc2ccc(N3CCCC3)cc2)cc1. The third-order valence-electron chi connectivity index (χ3n) is 4.22. The molecule has 0 bridgehead atoms. The third kappa shape index (κ3) is 4.28. The molecule has 0 spiro atoms. The number of anilines is 2. The maximum Gasteiger partial charge on any atom is 0.228 e. The Morgan fingerprint density at radius 1 is 1.04 bits per heavy atom. The average molecular weight is 324 g/mol. The molecule has 4 nitrogen and oxygen atoms in total. The molecule has 24 heavy (non-hydrogen) atoms. The van der Waals surface area contributed by atoms with Gasteiger partial charge in [-0.2, -0.15) is 0 Å². The number of benzene rings is 2. The van der Waals surface area contributed by atoms with Crippen LogP contribution >= 0.6 is 0 Å². The highest BCUT2D eigenvalue weighted by Crippen LogP contribution is 2.22. The summed E-state index contributed by atoms with van der Waals surface area (Å²) in [4.78, 5) is 14.6. The summed E-state index contributed by atoms with van der Waals surface area (Å²) in [6, 6.07) is 15.8. The smallest absolute Gasteiger partial charge is 0.228 e. The molecule has 0 unspecified atom stereocenters. The number of ether oxygens (including phenoxy) is 1. The first kappa shape index (κ1) is 16.4. The molecule has 2 aromatic carbocycles. The van der Waals surface area contributed by atoms with Crippen LogP contribution in [0.3, 0.4) is 0 Å². The number of nitrogens with zero attached hydrogens (tertiary/aromatic N) is 1. The normalized spacial score (nSPS) is 13.8. The number of rotatable bonds is 6. The van der Waals surface area contributed by atoms with E-state index in [1.165, 1.54) is 18.5 Å². The highest BCUT2D eigenvalue weighted by Gasteiger charge is 2.12. The van der Waals surface area contributed by atoms with Crippen molar-refractivity contribution < 1.29 is 9.53 Å². The first-order valence-corrected chi connectivity index (χ1v) is 8.61. The lowest BCUT2D eigenvalue weighted by molar-refractivity contribution is -0.115. The molecule has 4 heteroatoms. The summed E-state index contributed by atoms with van der Waals surface area (Å²) < 4.78 is 5.41. The molecule has 1 N–H and O–H groups in total. The van der Waals surface area contributed by atoms with Crippen LogP contribution in [0.4, 0.5) is 11.4 Å². The Morgan fingerprint density at radius 3 is 2.33 bits per heavy atom. The van der Waals surface area contributed by atoms with Gasteiger partial charge in [-0.3, -0.25) is 4.79 Å². The lowest BCUT2D eigenvalue weighted by atomic mass is 10.1. The Labute approximate surface area is 143 Å². The molecule has 0 aromatic heterocycles. The molecule has 2 aromatic rings. The van der Waals surface area contributed by atoms with Crippen molar-refractivity contribution in [2.24, 2.45) is 0 Å². The van der Waals surface area contributed by atoms with Crippen LogP contribution in [0.2, 0.25) is 0 Å². The molecule has 0 aliphatic carbocycles. The number of amides is 1. The molecular formula is C20H24N2O2. The third-order valence-corrected chi connectivity index (χ3v) is 4.22. The topological polar surface area (TPSA) is 41.6 Å². The first-order valence-electron chi connectivity index (χ1n) is 8.61. The summed E-state index contributed by atoms with van der Waals surface area (Å²) in [6.07, 6.45) is 2.89. The van der Waals surface area contributed by atoms with Gasteiger partial charge in [-0.25, -0.2) is 0 Å². The highest BCUT2D eigenvalue weighted by molar-refractivity contribution is 5.92. The molecule has 0 atom stereocenters. The van der Waals surface area contributed by atoms with E-state index in [4.69, 9.17) is 4.74 Å². The molecule has 1 amide bonds. The standard InChI is InChI=1S/C20H24N2O2/c1-2-24-19-11-5-16(6-12-19)15-20(23)21-17-7-9-18(10-8-17)22-13-3-4-14-22/h5-12H,2-4,13-15H2,1H3,(H,21,23). The van der Waals surface area contributed by atoms with Gasteiger partial charge in [0.05, 0.1) is 13.0 Å². The van der Waals surface area contributed by atoms with Crippen molar-refractivity contribution in [3.63, 3.8) is 0 Å². The zero-order chi connectivity index (χ0) is 16.8. The van der Waals surface area contributed by atoms with Crippen molar-refractivity contribution in [1.82, 2.24) is 0 Å². The minimum Gasteiger partial charge on any atom is -0.494 e. The van der Waals surface area contributed by atoms with Gasteiger partial charge in [-0.15, -0.1) is 0 Å². The fraction of sp³-hybridized carbons (Fsp3) is 0.350. The highest BCUT2D eigenvalue weighted by atomic mass is 16.5. The van der Waals surface area contributed by atoms with Gasteiger partial charge in [0.1, 0.15) is 5.75 Å². The predicted molar refractivity (Wildman–Crippen MR) is 97.8 cm³/mol. The van der Waals surface area contributed by atoms with Crippen LogP contribution in [-0.2, 0) is 11.2 Å². The summed E-state index contributed by atoms with van der Waals surface area (Å²) >= 11 is 0. The summed E-state index contributed by atoms with van der Waals surface area (Å²) in [6.45, 7) is 4.86. The predicted octanol–water partition coefficient (Wildman–Crippen LogP) is 3.87. The lowest BCUT2D eigenvalue weighted by Gasteiger charge is -2.17. The van der Waals surface area contributed by atoms with Gasteiger partial charge >= 0.3 is 0 Å². The fourth-order valence-electron chi connectivity index (χ4n) is 2.99. The van der Waals surface area contributed by atoms with Crippen molar-refractivity contribution in [2.45, 2.75) is 26.2 Å². The number of carbonyl (C=O) groups is 1. The van der Waals surface area contributed by atoms with Crippen molar-refractivity contribution in [3.8, 4) is 5.75 Å². The molecule has 126 valence electrons. The van der Waals surface area contributed by atoms with Crippen LogP contribution in [0, 0.1) is 0 Å². The van der Waals surface area contributed by atoms with Gasteiger partial charge in [-0.05, 0) is 61.7 Å². The largest absolute Gasteiger partial charge is 0.494 e. The number of nitrogens with one attached hydrogen (secondary N) is 1. The van der Waals surface area contributed by atoms with Crippen LogP contribution in [0.15, 0.2) is 48.5 Å². The van der Waals surface area contributed by atoms with Crippen molar-refractivity contribution in [2.75, 3.05) is 29.9 Å². The van der Waals surface area contributed by atoms with E-state index < -0.39 is 0 Å². The van der Waals surface area contributed by atoms with E-state index in [2.05, 4.69) is 22.3 Å². The minimum absolute atomic E-state index is 0.00641. The van der Waals surface area contributed by atoms with Gasteiger partial charge in [0.25, 0.3) is 0 Å². The summed E-state index contributed by atoms with van der Waals surface area (Å²) in [5, 5.41) is 2.96. The Morgan fingerprint density at radius 2 is 1.71 bits per heavy atom. The minimum atomic E-state index is -0.00641. The zero-order valence-corrected chi connectivity index (χ0v) is 14.1. The Kier molecular flexibility index (Phi) is 5.36. The number of hydrogen-bond donors (Lipinski definition) is 1. The summed E-state index contributed by atoms with van der Waals surface area (Å²) in [5.74, 6) is 0.826. The van der Waals surface area contributed by atoms with E-state index in [0.717, 1.165) is 30.1 Å². The second-order valence-corrected chi connectivity index (χ2v) is 6.04. The van der Waals surface area contributed by atoms with Crippen molar-refractivity contribution in [1.29, 1.82) is 0 Å². The average Bonchev–Trinajstić information content (AvgIpc) is 3.12. The van der Waals surface area contributed by atoms with Gasteiger partial charge in [0.15, 0.2) is 0 Å². The molecule has 1 fully saturated rings. The van der Waals surface area contributed by atoms with E-state index in [0.29, 0.717) is 13.0 Å². The summed E-state index contributed by atoms with van der Waals surface area (Å²) in [5.41, 5.74) is 3.05. The molecule has 1 aliphatic rings. The summed E-state index contributed by atoms with van der Waals surface area (Å²) in [7, 11) is 0. The first-order chi connectivity index (χ1) is 11.7. The molecule has 1 aliphatic heterocycles. The van der Waals surface area contributed by atoms with Gasteiger partial charge in [0.2, 0.25) is 5.91 Å². The van der Waals surface area contributed by atoms with Gasteiger partial charge in [-0.1, -0.05) is 12.1 Å². The maximum absolute atomic E-state index is 12.2. The van der Waals surface area contributed by atoms with Crippen LogP contribution in [-0.4, -0.2) is 25.6 Å². The molecule has 1 heterocycles. The maximum atomic E-state index is 12.2. The Balaban J connectivity index is 1.54. The Hall–Kier alpha value is -2.49. The second kappa shape index (κ2) is 7.86. The molecule has 0 saturated carbocycles. The lowest BCUT2D eigenvalue weighted by Crippen LogP contribution is -2.18. The van der Waals surface area contributed by atoms with Crippen molar-refractivity contribution in [3.05, 3.63) is 54.1 Å². The van der Waals surface area contributed by atoms with E-state index in [-0.39, 0.29) is 5.91 Å². The van der Waals surface area contributed by atoms with E-state index in [1.54, 1.807) is 0 Å². The Bertz CT molecular complexity index is 659. The molecule has 0 radical (unpaired) electrons. The van der Waals surface area contributed by atoms with Gasteiger partial charge < -0.3 is 15.0 Å². The monoisotopic (exact) mass is 324 g/mol. The van der Waals surface area contributed by atoms with E-state index in [1.807, 2.05) is 43.3 Å². The molecule has 1 saturated heterocycles. The van der Waals surface area contributed by atoms with Crippen LogP contribution < -0.4 is 15.0 Å². The fourth-order valence-corrected chi connectivity index (χ4v) is 2.99. The van der Waals surface area contributed by atoms with Crippen LogP contribution in [0.5, 0.6) is 5.75 Å². The van der Waals surface area contributed by atoms with Crippen LogP contribution in [0.1, 0.15) is 25.3 Å². The zero-order valence-electron chi connectivity index (χ0n) is 14.1. The second-order valence-electron chi connectivity index (χ2n) is 6.04. The van der Waals surface area contributed by atoms with E-state index >= 15 is 0 Å².